The molecule has 0 unspecified atom stereocenters. The van der Waals surface area contributed by atoms with Gasteiger partial charge in [-0.25, -0.2) is 0 Å². The molecule has 0 atom stereocenters. The quantitative estimate of drug-likeness (QED) is 0.682. The summed E-state index contributed by atoms with van der Waals surface area (Å²) in [4.78, 5) is 0. The largest absolute Gasteiger partial charge is 0.314 e. The Labute approximate surface area is 66.4 Å². The number of rotatable bonds is 3. The van der Waals surface area contributed by atoms with Crippen LogP contribution in [0.3, 0.4) is 0 Å². The summed E-state index contributed by atoms with van der Waals surface area (Å²) in [5.41, 5.74) is 5.53. The Morgan fingerprint density at radius 2 is 1.64 bits per heavy atom. The zero-order valence-electron chi connectivity index (χ0n) is 7.04. The molecule has 62 valence electrons. The predicted molar refractivity (Wildman–Crippen MR) is 43.0 cm³/mol. The lowest BCUT2D eigenvalue weighted by atomic mass is 10.4. The lowest BCUT2D eigenvalue weighted by Crippen LogP contribution is -2.13. The molecule has 0 bridgehead atoms. The second kappa shape index (κ2) is 3.48. The number of aryl methyl sites for hydroxylation is 2. The summed E-state index contributed by atoms with van der Waals surface area (Å²) in [6.07, 6.45) is 1.79. The Morgan fingerprint density at radius 1 is 1.18 bits per heavy atom. The highest BCUT2D eigenvalue weighted by molar-refractivity contribution is 4.94. The van der Waals surface area contributed by atoms with Crippen LogP contribution in [0.4, 0.5) is 0 Å². The predicted octanol–water partition coefficient (Wildman–Crippen LogP) is 0.319. The average molecular weight is 154 g/mol. The number of nitrogens with two attached hydrogens (primary N) is 1. The molecule has 0 spiro atoms. The van der Waals surface area contributed by atoms with Crippen LogP contribution in [0.1, 0.15) is 25.5 Å². The van der Waals surface area contributed by atoms with E-state index in [-0.39, 0.29) is 0 Å². The van der Waals surface area contributed by atoms with E-state index in [1.54, 1.807) is 0 Å². The highest BCUT2D eigenvalue weighted by atomic mass is 15.3. The van der Waals surface area contributed by atoms with Crippen molar-refractivity contribution in [1.29, 1.82) is 0 Å². The van der Waals surface area contributed by atoms with Crippen LogP contribution in [0.25, 0.3) is 0 Å². The van der Waals surface area contributed by atoms with Gasteiger partial charge in [0.15, 0.2) is 0 Å². The SMILES string of the molecule is CCc1nnc(CC)n1CN. The van der Waals surface area contributed by atoms with Crippen LogP contribution < -0.4 is 5.73 Å². The fraction of sp³-hybridized carbons (Fsp3) is 0.714. The van der Waals surface area contributed by atoms with Crippen molar-refractivity contribution in [2.45, 2.75) is 33.4 Å². The summed E-state index contributed by atoms with van der Waals surface area (Å²) < 4.78 is 1.96. The van der Waals surface area contributed by atoms with Crippen molar-refractivity contribution in [1.82, 2.24) is 14.8 Å². The highest BCUT2D eigenvalue weighted by Crippen LogP contribution is 2.01. The van der Waals surface area contributed by atoms with Gasteiger partial charge in [-0.1, -0.05) is 13.8 Å². The van der Waals surface area contributed by atoms with Gasteiger partial charge in [0.1, 0.15) is 11.6 Å². The lowest BCUT2D eigenvalue weighted by Gasteiger charge is -2.02. The molecule has 1 rings (SSSR count). The number of hydrogen-bond donors (Lipinski definition) is 1. The molecule has 0 aliphatic carbocycles. The van der Waals surface area contributed by atoms with Crippen molar-refractivity contribution in [3.63, 3.8) is 0 Å². The molecule has 4 heteroatoms. The molecule has 0 fully saturated rings. The van der Waals surface area contributed by atoms with Crippen LogP contribution in [0.2, 0.25) is 0 Å². The number of hydrogen-bond acceptors (Lipinski definition) is 3. The summed E-state index contributed by atoms with van der Waals surface area (Å²) in [5, 5.41) is 8.02. The molecule has 11 heavy (non-hydrogen) atoms. The number of aromatic nitrogens is 3. The van der Waals surface area contributed by atoms with E-state index in [9.17, 15) is 0 Å². The van der Waals surface area contributed by atoms with Crippen LogP contribution in [0.5, 0.6) is 0 Å². The third-order valence-electron chi connectivity index (χ3n) is 1.72. The van der Waals surface area contributed by atoms with Crippen molar-refractivity contribution in [2.75, 3.05) is 0 Å². The topological polar surface area (TPSA) is 56.7 Å². The zero-order valence-corrected chi connectivity index (χ0v) is 7.04. The first-order valence-electron chi connectivity index (χ1n) is 3.94. The fourth-order valence-electron chi connectivity index (χ4n) is 1.11. The van der Waals surface area contributed by atoms with Gasteiger partial charge in [-0.2, -0.15) is 0 Å². The van der Waals surface area contributed by atoms with Crippen LogP contribution in [0, 0.1) is 0 Å². The van der Waals surface area contributed by atoms with Gasteiger partial charge >= 0.3 is 0 Å². The molecule has 0 saturated heterocycles. The van der Waals surface area contributed by atoms with Gasteiger partial charge in [-0.15, -0.1) is 10.2 Å². The molecule has 1 heterocycles. The maximum atomic E-state index is 5.53. The van der Waals surface area contributed by atoms with Crippen molar-refractivity contribution in [2.24, 2.45) is 5.73 Å². The molecule has 0 amide bonds. The first-order chi connectivity index (χ1) is 5.33. The Hall–Kier alpha value is -0.900. The molecular weight excluding hydrogens is 140 g/mol. The van der Waals surface area contributed by atoms with E-state index in [0.29, 0.717) is 6.67 Å². The minimum Gasteiger partial charge on any atom is -0.314 e. The second-order valence-electron chi connectivity index (χ2n) is 2.35. The molecule has 0 radical (unpaired) electrons. The first-order valence-corrected chi connectivity index (χ1v) is 3.94. The van der Waals surface area contributed by atoms with E-state index in [1.807, 2.05) is 4.57 Å². The van der Waals surface area contributed by atoms with Crippen molar-refractivity contribution >= 4 is 0 Å². The lowest BCUT2D eigenvalue weighted by molar-refractivity contribution is 0.648. The van der Waals surface area contributed by atoms with E-state index in [1.165, 1.54) is 0 Å². The monoisotopic (exact) mass is 154 g/mol. The standard InChI is InChI=1S/C7H14N4/c1-3-6-9-10-7(4-2)11(6)5-8/h3-5,8H2,1-2H3. The van der Waals surface area contributed by atoms with Gasteiger partial charge in [0.2, 0.25) is 0 Å². The first kappa shape index (κ1) is 8.20. The van der Waals surface area contributed by atoms with E-state index in [2.05, 4.69) is 24.0 Å². The van der Waals surface area contributed by atoms with Crippen LogP contribution in [-0.4, -0.2) is 14.8 Å². The molecule has 0 aliphatic heterocycles. The Kier molecular flexibility index (Phi) is 2.59. The smallest absolute Gasteiger partial charge is 0.133 e. The molecule has 0 aliphatic rings. The van der Waals surface area contributed by atoms with Crippen molar-refractivity contribution in [3.8, 4) is 0 Å². The molecular formula is C7H14N4. The van der Waals surface area contributed by atoms with Crippen LogP contribution >= 0.6 is 0 Å². The van der Waals surface area contributed by atoms with Crippen molar-refractivity contribution in [3.05, 3.63) is 11.6 Å². The third-order valence-corrected chi connectivity index (χ3v) is 1.72. The minimum atomic E-state index is 0.485. The fourth-order valence-corrected chi connectivity index (χ4v) is 1.11. The van der Waals surface area contributed by atoms with E-state index >= 15 is 0 Å². The van der Waals surface area contributed by atoms with E-state index in [4.69, 9.17) is 5.73 Å². The zero-order chi connectivity index (χ0) is 8.27. The van der Waals surface area contributed by atoms with Gasteiger partial charge in [-0.3, -0.25) is 0 Å². The maximum Gasteiger partial charge on any atom is 0.133 e. The van der Waals surface area contributed by atoms with E-state index in [0.717, 1.165) is 24.5 Å². The normalized spacial score (nSPS) is 10.5. The van der Waals surface area contributed by atoms with Gasteiger partial charge in [0.05, 0.1) is 6.67 Å². The van der Waals surface area contributed by atoms with Crippen LogP contribution in [0.15, 0.2) is 0 Å². The van der Waals surface area contributed by atoms with Gasteiger partial charge < -0.3 is 10.3 Å². The van der Waals surface area contributed by atoms with Gasteiger partial charge in [-0.05, 0) is 0 Å². The number of nitrogens with zero attached hydrogens (tertiary/aromatic N) is 3. The summed E-state index contributed by atoms with van der Waals surface area (Å²) in [7, 11) is 0. The molecule has 1 aromatic rings. The molecule has 2 N–H and O–H groups in total. The minimum absolute atomic E-state index is 0.485. The highest BCUT2D eigenvalue weighted by Gasteiger charge is 2.05. The molecule has 0 aromatic carbocycles. The van der Waals surface area contributed by atoms with Gasteiger partial charge in [0.25, 0.3) is 0 Å². The average Bonchev–Trinajstić information content (AvgIpc) is 2.45. The third kappa shape index (κ3) is 1.40. The van der Waals surface area contributed by atoms with Crippen molar-refractivity contribution < 1.29 is 0 Å². The Bertz CT molecular complexity index is 207. The second-order valence-corrected chi connectivity index (χ2v) is 2.35. The maximum absolute atomic E-state index is 5.53. The Balaban J connectivity index is 2.99. The molecule has 0 saturated carbocycles. The van der Waals surface area contributed by atoms with Crippen LogP contribution in [-0.2, 0) is 19.5 Å². The van der Waals surface area contributed by atoms with Gasteiger partial charge in [0, 0.05) is 12.8 Å². The summed E-state index contributed by atoms with van der Waals surface area (Å²) in [5.74, 6) is 1.95. The molecule has 1 aromatic heterocycles. The molecule has 4 nitrogen and oxygen atoms in total. The van der Waals surface area contributed by atoms with E-state index < -0.39 is 0 Å². The Morgan fingerprint density at radius 3 is 1.91 bits per heavy atom. The summed E-state index contributed by atoms with van der Waals surface area (Å²) in [6, 6.07) is 0. The summed E-state index contributed by atoms with van der Waals surface area (Å²) >= 11 is 0. The summed E-state index contributed by atoms with van der Waals surface area (Å²) in [6.45, 7) is 4.59.